The minimum Gasteiger partial charge on any atom is -0.368 e. The Labute approximate surface area is 192 Å². The maximum Gasteiger partial charge on any atom is 0.225 e. The Morgan fingerprint density at radius 1 is 0.969 bits per heavy atom. The Balaban J connectivity index is 1.16. The molecular weight excluding hydrogens is 423 g/mol. The molecule has 32 heavy (non-hydrogen) atoms. The number of piperazine rings is 1. The molecule has 3 aromatic rings. The van der Waals surface area contributed by atoms with Crippen molar-refractivity contribution < 1.29 is 9.18 Å². The number of carbonyl (C=O) groups excluding carboxylic acids is 1. The molecule has 0 bridgehead atoms. The standard InChI is InChI=1S/C25H29FN4OS/c1-17-15-18(2)23-22(16-17)32-25(27-23)30-9-7-19(8-10-30)24(31)29-13-11-28(12-14-29)21-5-3-20(26)4-6-21/h3-6,15-16,19H,7-14H2,1-2H3. The molecule has 0 unspecified atom stereocenters. The number of rotatable bonds is 3. The van der Waals surface area contributed by atoms with E-state index in [2.05, 4.69) is 35.8 Å². The van der Waals surface area contributed by atoms with Crippen LogP contribution in [0.15, 0.2) is 36.4 Å². The lowest BCUT2D eigenvalue weighted by Crippen LogP contribution is -2.51. The molecule has 2 saturated heterocycles. The fraction of sp³-hybridized carbons (Fsp3) is 0.440. The van der Waals surface area contributed by atoms with Gasteiger partial charge in [0, 0.05) is 50.9 Å². The van der Waals surface area contributed by atoms with E-state index in [-0.39, 0.29) is 11.7 Å². The lowest BCUT2D eigenvalue weighted by molar-refractivity contribution is -0.136. The smallest absolute Gasteiger partial charge is 0.225 e. The third-order valence-corrected chi connectivity index (χ3v) is 7.78. The molecule has 1 aromatic heterocycles. The van der Waals surface area contributed by atoms with Crippen molar-refractivity contribution in [1.29, 1.82) is 0 Å². The third-order valence-electron chi connectivity index (χ3n) is 6.72. The summed E-state index contributed by atoms with van der Waals surface area (Å²) in [6.45, 7) is 9.05. The van der Waals surface area contributed by atoms with E-state index < -0.39 is 0 Å². The van der Waals surface area contributed by atoms with Gasteiger partial charge in [0.15, 0.2) is 5.13 Å². The van der Waals surface area contributed by atoms with E-state index in [1.165, 1.54) is 28.0 Å². The van der Waals surface area contributed by atoms with Crippen molar-refractivity contribution in [2.45, 2.75) is 26.7 Å². The average molecular weight is 453 g/mol. The van der Waals surface area contributed by atoms with Gasteiger partial charge in [0.1, 0.15) is 5.82 Å². The van der Waals surface area contributed by atoms with Crippen LogP contribution in [0.2, 0.25) is 0 Å². The van der Waals surface area contributed by atoms with Crippen LogP contribution in [0.25, 0.3) is 10.2 Å². The lowest BCUT2D eigenvalue weighted by atomic mass is 9.95. The van der Waals surface area contributed by atoms with Crippen molar-refractivity contribution in [2.75, 3.05) is 49.1 Å². The Morgan fingerprint density at radius 3 is 2.34 bits per heavy atom. The largest absolute Gasteiger partial charge is 0.368 e. The Hall–Kier alpha value is -2.67. The number of halogens is 1. The summed E-state index contributed by atoms with van der Waals surface area (Å²) in [7, 11) is 0. The quantitative estimate of drug-likeness (QED) is 0.582. The Morgan fingerprint density at radius 2 is 1.66 bits per heavy atom. The summed E-state index contributed by atoms with van der Waals surface area (Å²) in [5.41, 5.74) is 4.63. The zero-order valence-electron chi connectivity index (χ0n) is 18.7. The summed E-state index contributed by atoms with van der Waals surface area (Å²) in [6.07, 6.45) is 1.76. The summed E-state index contributed by atoms with van der Waals surface area (Å²) in [6, 6.07) is 11.0. The number of hydrogen-bond donors (Lipinski definition) is 0. The van der Waals surface area contributed by atoms with Crippen molar-refractivity contribution >= 4 is 38.3 Å². The normalized spacial score (nSPS) is 17.9. The van der Waals surface area contributed by atoms with Gasteiger partial charge in [0.2, 0.25) is 5.91 Å². The van der Waals surface area contributed by atoms with Crippen LogP contribution >= 0.6 is 11.3 Å². The van der Waals surface area contributed by atoms with Crippen LogP contribution in [-0.2, 0) is 4.79 Å². The highest BCUT2D eigenvalue weighted by atomic mass is 32.1. The molecule has 0 N–H and O–H groups in total. The molecular formula is C25H29FN4OS. The predicted molar refractivity (Wildman–Crippen MR) is 129 cm³/mol. The minimum absolute atomic E-state index is 0.0991. The number of fused-ring (bicyclic) bond motifs is 1. The first-order valence-electron chi connectivity index (χ1n) is 11.4. The van der Waals surface area contributed by atoms with Gasteiger partial charge in [-0.2, -0.15) is 0 Å². The van der Waals surface area contributed by atoms with Crippen LogP contribution in [0.1, 0.15) is 24.0 Å². The van der Waals surface area contributed by atoms with Crippen molar-refractivity contribution in [3.63, 3.8) is 0 Å². The molecule has 7 heteroatoms. The van der Waals surface area contributed by atoms with Gasteiger partial charge in [-0.15, -0.1) is 0 Å². The topological polar surface area (TPSA) is 39.7 Å². The second-order valence-electron chi connectivity index (χ2n) is 8.98. The number of amides is 1. The molecule has 0 aliphatic carbocycles. The van der Waals surface area contributed by atoms with E-state index in [0.29, 0.717) is 5.91 Å². The second-order valence-corrected chi connectivity index (χ2v) is 9.98. The first-order chi connectivity index (χ1) is 15.5. The number of benzene rings is 2. The van der Waals surface area contributed by atoms with Crippen LogP contribution in [0.3, 0.4) is 0 Å². The van der Waals surface area contributed by atoms with Gasteiger partial charge in [0.05, 0.1) is 10.2 Å². The number of aryl methyl sites for hydroxylation is 2. The second kappa shape index (κ2) is 8.70. The van der Waals surface area contributed by atoms with E-state index in [9.17, 15) is 9.18 Å². The Kier molecular flexibility index (Phi) is 5.76. The third kappa shape index (κ3) is 4.18. The molecule has 2 aromatic carbocycles. The predicted octanol–water partition coefficient (Wildman–Crippen LogP) is 4.62. The van der Waals surface area contributed by atoms with Gasteiger partial charge in [-0.05, 0) is 68.1 Å². The molecule has 1 amide bonds. The summed E-state index contributed by atoms with van der Waals surface area (Å²) in [5.74, 6) is 0.172. The molecule has 168 valence electrons. The molecule has 2 fully saturated rings. The Bertz CT molecular complexity index is 1110. The van der Waals surface area contributed by atoms with E-state index in [4.69, 9.17) is 4.98 Å². The highest BCUT2D eigenvalue weighted by molar-refractivity contribution is 7.22. The van der Waals surface area contributed by atoms with Gasteiger partial charge >= 0.3 is 0 Å². The number of hydrogen-bond acceptors (Lipinski definition) is 5. The van der Waals surface area contributed by atoms with Crippen LogP contribution in [-0.4, -0.2) is 55.1 Å². The fourth-order valence-electron chi connectivity index (χ4n) is 4.91. The molecule has 5 rings (SSSR count). The van der Waals surface area contributed by atoms with E-state index >= 15 is 0 Å². The summed E-state index contributed by atoms with van der Waals surface area (Å²) in [5, 5.41) is 1.08. The molecule has 0 saturated carbocycles. The fourth-order valence-corrected chi connectivity index (χ4v) is 6.10. The molecule has 0 radical (unpaired) electrons. The maximum absolute atomic E-state index is 13.2. The van der Waals surface area contributed by atoms with Gasteiger partial charge in [-0.25, -0.2) is 9.37 Å². The van der Waals surface area contributed by atoms with Crippen molar-refractivity contribution in [3.05, 3.63) is 53.3 Å². The van der Waals surface area contributed by atoms with Crippen LogP contribution in [0.4, 0.5) is 15.2 Å². The van der Waals surface area contributed by atoms with Crippen LogP contribution in [0, 0.1) is 25.6 Å². The lowest BCUT2D eigenvalue weighted by Gasteiger charge is -2.39. The number of nitrogens with zero attached hydrogens (tertiary/aromatic N) is 4. The van der Waals surface area contributed by atoms with Crippen molar-refractivity contribution in [2.24, 2.45) is 5.92 Å². The number of piperidine rings is 1. The summed E-state index contributed by atoms with van der Waals surface area (Å²) in [4.78, 5) is 24.6. The summed E-state index contributed by atoms with van der Waals surface area (Å²) < 4.78 is 14.4. The van der Waals surface area contributed by atoms with E-state index in [1.54, 1.807) is 11.3 Å². The molecule has 3 heterocycles. The zero-order chi connectivity index (χ0) is 22.2. The molecule has 2 aliphatic heterocycles. The van der Waals surface area contributed by atoms with Gasteiger partial charge < -0.3 is 14.7 Å². The van der Waals surface area contributed by atoms with Crippen LogP contribution < -0.4 is 9.80 Å². The molecule has 2 aliphatic rings. The van der Waals surface area contributed by atoms with Crippen LogP contribution in [0.5, 0.6) is 0 Å². The van der Waals surface area contributed by atoms with Gasteiger partial charge in [-0.1, -0.05) is 17.4 Å². The van der Waals surface area contributed by atoms with Gasteiger partial charge in [0.25, 0.3) is 0 Å². The van der Waals surface area contributed by atoms with Gasteiger partial charge in [-0.3, -0.25) is 4.79 Å². The maximum atomic E-state index is 13.2. The number of thiazole rings is 1. The van der Waals surface area contributed by atoms with Crippen molar-refractivity contribution in [3.8, 4) is 0 Å². The SMILES string of the molecule is Cc1cc(C)c2nc(N3CCC(C(=O)N4CCN(c5ccc(F)cc5)CC4)CC3)sc2c1. The number of aromatic nitrogens is 1. The first kappa shape index (κ1) is 21.2. The average Bonchev–Trinajstić information content (AvgIpc) is 3.24. The first-order valence-corrected chi connectivity index (χ1v) is 12.2. The molecule has 5 nitrogen and oxygen atoms in total. The number of carbonyl (C=O) groups is 1. The highest BCUT2D eigenvalue weighted by Crippen LogP contribution is 2.34. The number of anilines is 2. The summed E-state index contributed by atoms with van der Waals surface area (Å²) >= 11 is 1.76. The minimum atomic E-state index is -0.218. The highest BCUT2D eigenvalue weighted by Gasteiger charge is 2.31. The van der Waals surface area contributed by atoms with E-state index in [1.807, 2.05) is 17.0 Å². The molecule has 0 atom stereocenters. The van der Waals surface area contributed by atoms with E-state index in [0.717, 1.165) is 68.4 Å². The monoisotopic (exact) mass is 452 g/mol. The van der Waals surface area contributed by atoms with Crippen molar-refractivity contribution in [1.82, 2.24) is 9.88 Å². The molecule has 0 spiro atoms. The zero-order valence-corrected chi connectivity index (χ0v) is 19.5.